The topological polar surface area (TPSA) is 55.4 Å². The minimum Gasteiger partial charge on any atom is -0.436 e. The minimum absolute atomic E-state index is 0. The van der Waals surface area contributed by atoms with Gasteiger partial charge in [-0.2, -0.15) is 0 Å². The number of hydrogen-bond donors (Lipinski definition) is 0. The fourth-order valence-corrected chi connectivity index (χ4v) is 23.4. The van der Waals surface area contributed by atoms with Crippen molar-refractivity contribution in [3.63, 3.8) is 0 Å². The highest BCUT2D eigenvalue weighted by molar-refractivity contribution is 6.87. The van der Waals surface area contributed by atoms with E-state index < -0.39 is 35.2 Å². The monoisotopic (exact) mass is 707 g/mol. The molecule has 0 N–H and O–H groups in total. The maximum absolute atomic E-state index is 7.23. The molecule has 0 radical (unpaired) electrons. The predicted octanol–water partition coefficient (Wildman–Crippen LogP) is 12.4. The van der Waals surface area contributed by atoms with Crippen molar-refractivity contribution in [1.82, 2.24) is 0 Å². The van der Waals surface area contributed by atoms with Crippen LogP contribution in [0.5, 0.6) is 0 Å². The number of rotatable bonds is 18. The summed E-state index contributed by atoms with van der Waals surface area (Å²) in [5.74, 6) is 0. The third-order valence-electron chi connectivity index (χ3n) is 7.36. The van der Waals surface area contributed by atoms with Gasteiger partial charge in [0.05, 0.1) is 14.2 Å². The number of unbranched alkanes of at least 4 members (excludes halogenated alkanes) is 11. The molecule has 1 aliphatic heterocycles. The maximum Gasteiger partial charge on any atom is 0.322 e. The molecule has 1 aliphatic rings. The summed E-state index contributed by atoms with van der Waals surface area (Å²) in [7, 11) is -1.88. The van der Waals surface area contributed by atoms with Gasteiger partial charge in [0.2, 0.25) is 0 Å². The minimum atomic E-state index is -2.26. The summed E-state index contributed by atoms with van der Waals surface area (Å²) in [5.41, 5.74) is 0.691. The van der Waals surface area contributed by atoms with Gasteiger partial charge in [-0.25, -0.2) is 9.78 Å². The van der Waals surface area contributed by atoms with Gasteiger partial charge < -0.3 is 17.1 Å². The molecule has 0 spiro atoms. The molecule has 278 valence electrons. The molecule has 1 saturated heterocycles. The van der Waals surface area contributed by atoms with Gasteiger partial charge in [0.15, 0.2) is 18.1 Å². The summed E-state index contributed by atoms with van der Waals surface area (Å²) in [6.07, 6.45) is 19.0. The summed E-state index contributed by atoms with van der Waals surface area (Å²) >= 11 is 0. The van der Waals surface area contributed by atoms with E-state index in [4.69, 9.17) is 17.1 Å². The van der Waals surface area contributed by atoms with Crippen LogP contribution >= 0.6 is 0 Å². The predicted molar refractivity (Wildman–Crippen MR) is 213 cm³/mol. The van der Waals surface area contributed by atoms with Crippen molar-refractivity contribution >= 4 is 35.2 Å². The maximum atomic E-state index is 7.23. The quantitative estimate of drug-likeness (QED) is 0.0612. The van der Waals surface area contributed by atoms with Crippen molar-refractivity contribution in [2.75, 3.05) is 27.9 Å². The van der Waals surface area contributed by atoms with Crippen molar-refractivity contribution in [2.24, 2.45) is 0 Å². The van der Waals surface area contributed by atoms with Crippen LogP contribution < -0.4 is 0 Å². The Balaban J connectivity index is -0.000000257. The second-order valence-electron chi connectivity index (χ2n) is 12.2. The Morgan fingerprint density at radius 3 is 1.55 bits per heavy atom. The van der Waals surface area contributed by atoms with E-state index >= 15 is 0 Å². The molecule has 1 fully saturated rings. The second-order valence-corrected chi connectivity index (χ2v) is 25.8. The molecule has 0 amide bonds. The van der Waals surface area contributed by atoms with Gasteiger partial charge in [-0.15, -0.1) is 0 Å². The van der Waals surface area contributed by atoms with Crippen molar-refractivity contribution in [3.8, 4) is 0 Å². The SMILES string of the molecule is C.C.C.C.C.C.CCCCCCCCCCCCCC[Si]1(C)O[Si](C)(CC(C)[SiH2]OC)CCCCO[Si](C)(C)O1.COOC. The lowest BCUT2D eigenvalue weighted by Crippen LogP contribution is -2.56. The van der Waals surface area contributed by atoms with E-state index in [0.29, 0.717) is 5.54 Å². The largest absolute Gasteiger partial charge is 0.436 e. The molecule has 1 heterocycles. The van der Waals surface area contributed by atoms with Crippen molar-refractivity contribution in [2.45, 2.75) is 198 Å². The first-order valence-electron chi connectivity index (χ1n) is 15.7. The van der Waals surface area contributed by atoms with Gasteiger partial charge in [0, 0.05) is 13.7 Å². The van der Waals surface area contributed by atoms with Gasteiger partial charge in [-0.1, -0.05) is 142 Å². The van der Waals surface area contributed by atoms with E-state index in [9.17, 15) is 0 Å². The molecule has 6 nitrogen and oxygen atoms in total. The lowest BCUT2D eigenvalue weighted by molar-refractivity contribution is -0.248. The molecule has 10 heteroatoms. The summed E-state index contributed by atoms with van der Waals surface area (Å²) in [5, 5.41) is 0. The normalized spacial score (nSPS) is 21.8. The Kier molecular flexibility index (Phi) is 49.7. The van der Waals surface area contributed by atoms with Gasteiger partial charge in [0.25, 0.3) is 0 Å². The van der Waals surface area contributed by atoms with Crippen LogP contribution in [0.4, 0.5) is 0 Å². The van der Waals surface area contributed by atoms with E-state index in [0.717, 1.165) is 19.1 Å². The van der Waals surface area contributed by atoms with Crippen LogP contribution in [0.1, 0.15) is 148 Å². The van der Waals surface area contributed by atoms with Crippen LogP contribution in [-0.4, -0.2) is 63.1 Å². The first kappa shape index (κ1) is 60.0. The summed E-state index contributed by atoms with van der Waals surface area (Å²) < 4.78 is 26.0. The smallest absolute Gasteiger partial charge is 0.322 e. The van der Waals surface area contributed by atoms with Crippen LogP contribution in [0, 0.1) is 0 Å². The highest BCUT2D eigenvalue weighted by atomic mass is 28.5. The third kappa shape index (κ3) is 34.0. The molecule has 0 aromatic heterocycles. The Hall–Kier alpha value is 0.628. The average molecular weight is 707 g/mol. The van der Waals surface area contributed by atoms with Gasteiger partial charge in [-0.05, 0) is 56.3 Å². The Morgan fingerprint density at radius 2 is 1.11 bits per heavy atom. The van der Waals surface area contributed by atoms with E-state index in [-0.39, 0.29) is 44.6 Å². The van der Waals surface area contributed by atoms with Crippen LogP contribution in [0.2, 0.25) is 49.9 Å². The fourth-order valence-electron chi connectivity index (χ4n) is 5.67. The Labute approximate surface area is 287 Å². The molecule has 0 aromatic rings. The summed E-state index contributed by atoms with van der Waals surface area (Å²) in [6, 6.07) is 3.61. The molecule has 0 aromatic carbocycles. The molecule has 0 bridgehead atoms. The Bertz CT molecular complexity index is 546. The van der Waals surface area contributed by atoms with E-state index in [2.05, 4.69) is 49.8 Å². The molecule has 1 rings (SSSR count). The highest BCUT2D eigenvalue weighted by Gasteiger charge is 2.46. The molecule has 0 aliphatic carbocycles. The summed E-state index contributed by atoms with van der Waals surface area (Å²) in [4.78, 5) is 8.08. The van der Waals surface area contributed by atoms with Crippen molar-refractivity contribution in [1.29, 1.82) is 0 Å². The molecule has 3 atom stereocenters. The van der Waals surface area contributed by atoms with E-state index in [1.807, 2.05) is 7.11 Å². The molecule has 0 saturated carbocycles. The highest BCUT2D eigenvalue weighted by Crippen LogP contribution is 2.35. The zero-order valence-electron chi connectivity index (χ0n) is 27.0. The standard InChI is InChI=1S/C26H60O4Si4.C2H6O2.6CH4/c1-8-9-10-11-12-13-14-15-16-17-18-20-24-34(7)29-32(4,5)28-22-19-21-23-33(6,30-34)25-26(2)31-27-3;1-3-4-2;;;;;;/h26H,8-25,31H2,1-7H3;1-2H3;6*1H4. The molecular formula is C34H90O6Si4. The third-order valence-corrected chi connectivity index (χ3v) is 21.6. The van der Waals surface area contributed by atoms with Crippen LogP contribution in [0.25, 0.3) is 0 Å². The van der Waals surface area contributed by atoms with Gasteiger partial charge in [-0.3, -0.25) is 0 Å². The summed E-state index contributed by atoms with van der Waals surface area (Å²) in [6.45, 7) is 14.8. The van der Waals surface area contributed by atoms with E-state index in [1.165, 1.54) is 110 Å². The van der Waals surface area contributed by atoms with Crippen LogP contribution in [0.15, 0.2) is 0 Å². The number of hydrogen-bond acceptors (Lipinski definition) is 6. The van der Waals surface area contributed by atoms with Crippen molar-refractivity contribution in [3.05, 3.63) is 0 Å². The van der Waals surface area contributed by atoms with Crippen LogP contribution in [-0.2, 0) is 26.9 Å². The van der Waals surface area contributed by atoms with Crippen molar-refractivity contribution < 1.29 is 26.9 Å². The average Bonchev–Trinajstić information content (AvgIpc) is 2.83. The first-order valence-corrected chi connectivity index (χ1v) is 25.2. The fraction of sp³-hybridized carbons (Fsp3) is 1.00. The van der Waals surface area contributed by atoms with E-state index in [1.54, 1.807) is 0 Å². The Morgan fingerprint density at radius 1 is 0.659 bits per heavy atom. The lowest BCUT2D eigenvalue weighted by atomic mass is 10.1. The lowest BCUT2D eigenvalue weighted by Gasteiger charge is -2.43. The van der Waals surface area contributed by atoms with Gasteiger partial charge in [0.1, 0.15) is 0 Å². The van der Waals surface area contributed by atoms with Gasteiger partial charge >= 0.3 is 17.1 Å². The molecular weight excluding hydrogens is 617 g/mol. The molecule has 3 unspecified atom stereocenters. The zero-order valence-corrected chi connectivity index (χ0v) is 31.4. The zero-order chi connectivity index (χ0) is 28.8. The second kappa shape index (κ2) is 36.5. The van der Waals surface area contributed by atoms with Crippen LogP contribution in [0.3, 0.4) is 0 Å². The molecule has 44 heavy (non-hydrogen) atoms. The first-order chi connectivity index (χ1) is 18.1.